The first-order valence-electron chi connectivity index (χ1n) is 11.3. The van der Waals surface area contributed by atoms with Crippen LogP contribution in [0.5, 0.6) is 0 Å². The van der Waals surface area contributed by atoms with E-state index < -0.39 is 0 Å². The predicted octanol–water partition coefficient (Wildman–Crippen LogP) is 7.51. The zero-order valence-corrected chi connectivity index (χ0v) is 17.4. The molecule has 1 aromatic heterocycles. The van der Waals surface area contributed by atoms with E-state index in [-0.39, 0.29) is 6.04 Å². The molecule has 2 nitrogen and oxygen atoms in total. The molecule has 0 amide bonds. The summed E-state index contributed by atoms with van der Waals surface area (Å²) >= 11 is 0. The highest BCUT2D eigenvalue weighted by Gasteiger charge is 2.29. The van der Waals surface area contributed by atoms with Crippen LogP contribution >= 0.6 is 0 Å². The van der Waals surface area contributed by atoms with Crippen molar-refractivity contribution in [2.75, 3.05) is 0 Å². The molecule has 1 N–H and O–H groups in total. The van der Waals surface area contributed by atoms with Crippen molar-refractivity contribution in [3.05, 3.63) is 89.1 Å². The van der Waals surface area contributed by atoms with E-state index in [1.54, 1.807) is 0 Å². The van der Waals surface area contributed by atoms with Gasteiger partial charge in [0.1, 0.15) is 11.2 Å². The van der Waals surface area contributed by atoms with E-state index in [1.807, 2.05) is 6.07 Å². The monoisotopic (exact) mass is 393 g/mol. The van der Waals surface area contributed by atoms with E-state index in [1.165, 1.54) is 70.7 Å². The first-order valence-corrected chi connectivity index (χ1v) is 11.3. The molecule has 1 aliphatic carbocycles. The van der Waals surface area contributed by atoms with Gasteiger partial charge < -0.3 is 9.73 Å². The van der Waals surface area contributed by atoms with Gasteiger partial charge in [0.05, 0.1) is 6.04 Å². The van der Waals surface area contributed by atoms with Crippen LogP contribution in [0, 0.1) is 12.8 Å². The summed E-state index contributed by atoms with van der Waals surface area (Å²) in [6, 6.07) is 22.0. The van der Waals surface area contributed by atoms with Crippen molar-refractivity contribution in [2.24, 2.45) is 5.92 Å². The maximum atomic E-state index is 6.39. The Labute approximate surface area is 177 Å². The molecule has 0 radical (unpaired) electrons. The number of rotatable bonds is 2. The van der Waals surface area contributed by atoms with E-state index in [0.29, 0.717) is 5.92 Å². The third kappa shape index (κ3) is 2.78. The minimum absolute atomic E-state index is 0.108. The number of aryl methyl sites for hydroxylation is 1. The number of nitrogens with one attached hydrogen (secondary N) is 1. The van der Waals surface area contributed by atoms with Gasteiger partial charge in [-0.05, 0) is 66.1 Å². The molecule has 30 heavy (non-hydrogen) atoms. The van der Waals surface area contributed by atoms with Crippen LogP contribution < -0.4 is 5.32 Å². The summed E-state index contributed by atoms with van der Waals surface area (Å²) in [5.41, 5.74) is 8.74. The van der Waals surface area contributed by atoms with Crippen molar-refractivity contribution >= 4 is 27.5 Å². The second-order valence-electron chi connectivity index (χ2n) is 8.95. The summed E-state index contributed by atoms with van der Waals surface area (Å²) in [5.74, 6) is 0.678. The topological polar surface area (TPSA) is 25.2 Å². The van der Waals surface area contributed by atoms with Crippen LogP contribution in [0.1, 0.15) is 60.4 Å². The standard InChI is InChI=1S/C28H27NO/c1-18-15-23-21-12-7-8-14-26(21)30-28(23)24(16-18)27-22-13-6-5-11-20(22)25(17-29-27)19-9-3-2-4-10-19/h5-8,11-17,19,27,29H,2-4,9-10H2,1H3. The molecule has 1 unspecified atom stereocenters. The first kappa shape index (κ1) is 17.8. The van der Waals surface area contributed by atoms with Gasteiger partial charge >= 0.3 is 0 Å². The van der Waals surface area contributed by atoms with Crippen molar-refractivity contribution < 1.29 is 4.42 Å². The van der Waals surface area contributed by atoms with Gasteiger partial charge in [0.15, 0.2) is 0 Å². The van der Waals surface area contributed by atoms with Crippen molar-refractivity contribution in [1.29, 1.82) is 0 Å². The molecule has 2 aliphatic rings. The summed E-state index contributed by atoms with van der Waals surface area (Å²) in [4.78, 5) is 0. The molecule has 1 fully saturated rings. The smallest absolute Gasteiger partial charge is 0.141 e. The quantitative estimate of drug-likeness (QED) is 0.381. The highest BCUT2D eigenvalue weighted by molar-refractivity contribution is 6.06. The normalized spacial score (nSPS) is 19.5. The van der Waals surface area contributed by atoms with Gasteiger partial charge in [-0.1, -0.05) is 61.7 Å². The SMILES string of the molecule is Cc1cc(C2NC=C(C3CCCCC3)c3ccccc32)c2oc3ccccc3c2c1. The average molecular weight is 394 g/mol. The molecule has 2 heteroatoms. The summed E-state index contributed by atoms with van der Waals surface area (Å²) in [6.45, 7) is 2.18. The van der Waals surface area contributed by atoms with Crippen molar-refractivity contribution in [3.63, 3.8) is 0 Å². The summed E-state index contributed by atoms with van der Waals surface area (Å²) < 4.78 is 6.39. The minimum atomic E-state index is 0.108. The number of benzene rings is 3. The first-order chi connectivity index (χ1) is 14.8. The Hall–Kier alpha value is -3.00. The lowest BCUT2D eigenvalue weighted by Crippen LogP contribution is -2.25. The Morgan fingerprint density at radius 2 is 1.63 bits per heavy atom. The minimum Gasteiger partial charge on any atom is -0.456 e. The molecule has 150 valence electrons. The summed E-state index contributed by atoms with van der Waals surface area (Å²) in [7, 11) is 0. The van der Waals surface area contributed by atoms with E-state index in [2.05, 4.69) is 73.0 Å². The molecule has 1 aliphatic heterocycles. The Bertz CT molecular complexity index is 1270. The highest BCUT2D eigenvalue weighted by Crippen LogP contribution is 2.43. The number of fused-ring (bicyclic) bond motifs is 4. The lowest BCUT2D eigenvalue weighted by atomic mass is 9.77. The van der Waals surface area contributed by atoms with Crippen molar-refractivity contribution in [2.45, 2.75) is 45.1 Å². The van der Waals surface area contributed by atoms with E-state index in [9.17, 15) is 0 Å². The second-order valence-corrected chi connectivity index (χ2v) is 8.95. The molecule has 2 heterocycles. The molecule has 0 bridgehead atoms. The maximum Gasteiger partial charge on any atom is 0.141 e. The highest BCUT2D eigenvalue weighted by atomic mass is 16.3. The zero-order chi connectivity index (χ0) is 20.1. The third-order valence-electron chi connectivity index (χ3n) is 7.00. The fourth-order valence-electron chi connectivity index (χ4n) is 5.58. The van der Waals surface area contributed by atoms with E-state index in [0.717, 1.165) is 11.2 Å². The van der Waals surface area contributed by atoms with Crippen LogP contribution in [0.3, 0.4) is 0 Å². The Morgan fingerprint density at radius 1 is 0.833 bits per heavy atom. The summed E-state index contributed by atoms with van der Waals surface area (Å²) in [6.07, 6.45) is 9.01. The van der Waals surface area contributed by atoms with Gasteiger partial charge in [-0.25, -0.2) is 0 Å². The molecule has 0 spiro atoms. The predicted molar refractivity (Wildman–Crippen MR) is 124 cm³/mol. The van der Waals surface area contributed by atoms with Crippen LogP contribution in [0.2, 0.25) is 0 Å². The fraction of sp³-hybridized carbons (Fsp3) is 0.286. The van der Waals surface area contributed by atoms with Crippen LogP contribution in [-0.2, 0) is 0 Å². The molecule has 6 rings (SSSR count). The second kappa shape index (κ2) is 7.05. The Kier molecular flexibility index (Phi) is 4.19. The van der Waals surface area contributed by atoms with E-state index >= 15 is 0 Å². The number of para-hydroxylation sites is 1. The maximum absolute atomic E-state index is 6.39. The molecule has 1 saturated carbocycles. The average Bonchev–Trinajstić information content (AvgIpc) is 3.17. The van der Waals surface area contributed by atoms with Crippen molar-refractivity contribution in [1.82, 2.24) is 5.32 Å². The van der Waals surface area contributed by atoms with Gasteiger partial charge in [-0.2, -0.15) is 0 Å². The molecule has 3 aromatic carbocycles. The molecular formula is C28H27NO. The summed E-state index contributed by atoms with van der Waals surface area (Å²) in [5, 5.41) is 6.19. The lowest BCUT2D eigenvalue weighted by Gasteiger charge is -2.33. The molecule has 1 atom stereocenters. The number of hydrogen-bond donors (Lipinski definition) is 1. The van der Waals surface area contributed by atoms with Gasteiger partial charge in [-0.15, -0.1) is 0 Å². The van der Waals surface area contributed by atoms with Crippen LogP contribution in [0.15, 0.2) is 71.3 Å². The number of allylic oxidation sites excluding steroid dienone is 1. The lowest BCUT2D eigenvalue weighted by molar-refractivity contribution is 0.426. The molecular weight excluding hydrogens is 366 g/mol. The molecule has 0 saturated heterocycles. The van der Waals surface area contributed by atoms with Gasteiger partial charge in [0.25, 0.3) is 0 Å². The zero-order valence-electron chi connectivity index (χ0n) is 17.4. The largest absolute Gasteiger partial charge is 0.456 e. The van der Waals surface area contributed by atoms with Crippen LogP contribution in [0.4, 0.5) is 0 Å². The Balaban J connectivity index is 1.52. The third-order valence-corrected chi connectivity index (χ3v) is 7.00. The van der Waals surface area contributed by atoms with Gasteiger partial charge in [-0.3, -0.25) is 0 Å². The number of hydrogen-bond acceptors (Lipinski definition) is 2. The van der Waals surface area contributed by atoms with Gasteiger partial charge in [0.2, 0.25) is 0 Å². The number of furan rings is 1. The van der Waals surface area contributed by atoms with Crippen LogP contribution in [0.25, 0.3) is 27.5 Å². The Morgan fingerprint density at radius 3 is 2.53 bits per heavy atom. The fourth-order valence-corrected chi connectivity index (χ4v) is 5.58. The van der Waals surface area contributed by atoms with Gasteiger partial charge in [0, 0.05) is 22.5 Å². The van der Waals surface area contributed by atoms with Crippen LogP contribution in [-0.4, -0.2) is 0 Å². The van der Waals surface area contributed by atoms with Crippen molar-refractivity contribution in [3.8, 4) is 0 Å². The van der Waals surface area contributed by atoms with E-state index in [4.69, 9.17) is 4.42 Å². The molecule has 4 aromatic rings.